The van der Waals surface area contributed by atoms with Gasteiger partial charge in [0.2, 0.25) is 0 Å². The Morgan fingerprint density at radius 1 is 1.33 bits per heavy atom. The predicted octanol–water partition coefficient (Wildman–Crippen LogP) is 3.25. The van der Waals surface area contributed by atoms with E-state index in [9.17, 15) is 4.79 Å². The van der Waals surface area contributed by atoms with Crippen LogP contribution in [0.25, 0.3) is 22.1 Å². The highest BCUT2D eigenvalue weighted by molar-refractivity contribution is 6.00. The molecule has 0 aliphatic heterocycles. The van der Waals surface area contributed by atoms with E-state index in [1.54, 1.807) is 6.20 Å². The average Bonchev–Trinajstić information content (AvgIpc) is 3.24. The van der Waals surface area contributed by atoms with Crippen molar-refractivity contribution in [2.75, 3.05) is 6.54 Å². The van der Waals surface area contributed by atoms with Gasteiger partial charge < -0.3 is 20.0 Å². The second-order valence-electron chi connectivity index (χ2n) is 6.41. The summed E-state index contributed by atoms with van der Waals surface area (Å²) >= 11 is 0. The molecule has 7 heteroatoms. The van der Waals surface area contributed by atoms with Gasteiger partial charge in [0, 0.05) is 18.1 Å². The lowest BCUT2D eigenvalue weighted by molar-refractivity contribution is 0.134. The third-order valence-corrected chi connectivity index (χ3v) is 4.68. The van der Waals surface area contributed by atoms with Gasteiger partial charge in [0.05, 0.1) is 11.7 Å². The number of carbonyl (C=O) groups is 1. The summed E-state index contributed by atoms with van der Waals surface area (Å²) in [5.41, 5.74) is 2.47. The fourth-order valence-corrected chi connectivity index (χ4v) is 3.40. The fourth-order valence-electron chi connectivity index (χ4n) is 3.40. The van der Waals surface area contributed by atoms with Crippen molar-refractivity contribution in [3.63, 3.8) is 0 Å². The number of amides is 1. The summed E-state index contributed by atoms with van der Waals surface area (Å²) in [7, 11) is 0. The highest BCUT2D eigenvalue weighted by Crippen LogP contribution is 2.23. The maximum absolute atomic E-state index is 11.9. The van der Waals surface area contributed by atoms with Gasteiger partial charge in [0.15, 0.2) is 6.61 Å². The van der Waals surface area contributed by atoms with E-state index in [1.807, 2.05) is 12.3 Å². The second-order valence-corrected chi connectivity index (χ2v) is 6.41. The lowest BCUT2D eigenvalue weighted by Gasteiger charge is -2.21. The number of aromatic nitrogens is 4. The van der Waals surface area contributed by atoms with Crippen LogP contribution in [0.1, 0.15) is 37.9 Å². The Kier molecular flexibility index (Phi) is 4.06. The maximum atomic E-state index is 11.9. The Morgan fingerprint density at radius 3 is 3.08 bits per heavy atom. The number of ether oxygens (including phenoxy) is 1. The van der Waals surface area contributed by atoms with E-state index in [0.29, 0.717) is 18.3 Å². The average molecular weight is 327 g/mol. The zero-order valence-corrected chi connectivity index (χ0v) is 13.5. The molecule has 3 N–H and O–H groups in total. The smallest absolute Gasteiger partial charge is 0.407 e. The molecule has 0 aromatic carbocycles. The topological polar surface area (TPSA) is 95.7 Å². The number of alkyl carbamates (subject to hydrolysis) is 1. The van der Waals surface area contributed by atoms with Crippen molar-refractivity contribution in [1.82, 2.24) is 25.3 Å². The van der Waals surface area contributed by atoms with Crippen LogP contribution in [0.3, 0.4) is 0 Å². The third kappa shape index (κ3) is 3.06. The minimum atomic E-state index is -0.383. The standard InChI is InChI=1S/C17H21N5O2/c23-17(20-8-11-4-2-1-3-5-11)24-10-14-21-13-9-19-16-12(6-7-18-16)15(13)22-14/h6-7,9,11H,1-5,8,10H2,(H,18,19)(H,20,23)(H,21,22). The number of rotatable bonds is 4. The van der Waals surface area contributed by atoms with Crippen LogP contribution in [0, 0.1) is 5.92 Å². The molecule has 0 bridgehead atoms. The number of pyridine rings is 1. The van der Waals surface area contributed by atoms with Crippen molar-refractivity contribution >= 4 is 28.2 Å². The molecule has 7 nitrogen and oxygen atoms in total. The van der Waals surface area contributed by atoms with Gasteiger partial charge in [0.25, 0.3) is 0 Å². The molecule has 1 amide bonds. The van der Waals surface area contributed by atoms with Gasteiger partial charge in [0.1, 0.15) is 17.0 Å². The molecule has 1 aliphatic carbocycles. The summed E-state index contributed by atoms with van der Waals surface area (Å²) in [4.78, 5) is 26.9. The maximum Gasteiger partial charge on any atom is 0.407 e. The summed E-state index contributed by atoms with van der Waals surface area (Å²) in [5.74, 6) is 1.21. The molecule has 1 saturated carbocycles. The van der Waals surface area contributed by atoms with Crippen LogP contribution >= 0.6 is 0 Å². The van der Waals surface area contributed by atoms with E-state index < -0.39 is 0 Å². The first-order valence-corrected chi connectivity index (χ1v) is 8.51. The Bertz CT molecular complexity index is 847. The van der Waals surface area contributed by atoms with Crippen molar-refractivity contribution in [1.29, 1.82) is 0 Å². The van der Waals surface area contributed by atoms with E-state index >= 15 is 0 Å². The van der Waals surface area contributed by atoms with Gasteiger partial charge in [-0.15, -0.1) is 0 Å². The molecule has 24 heavy (non-hydrogen) atoms. The number of aromatic amines is 2. The molecule has 1 aliphatic rings. The molecule has 126 valence electrons. The molecule has 3 aromatic rings. The van der Waals surface area contributed by atoms with Crippen molar-refractivity contribution in [3.05, 3.63) is 24.3 Å². The molecule has 1 fully saturated rings. The molecule has 0 unspecified atom stereocenters. The largest absolute Gasteiger partial charge is 0.441 e. The van der Waals surface area contributed by atoms with Gasteiger partial charge in [-0.1, -0.05) is 19.3 Å². The lowest BCUT2D eigenvalue weighted by atomic mass is 9.89. The number of H-pyrrole nitrogens is 2. The van der Waals surface area contributed by atoms with Crippen LogP contribution in [-0.4, -0.2) is 32.6 Å². The molecule has 0 radical (unpaired) electrons. The molecular formula is C17H21N5O2. The number of imidazole rings is 1. The number of nitrogens with one attached hydrogen (secondary N) is 3. The zero-order chi connectivity index (χ0) is 16.4. The van der Waals surface area contributed by atoms with Gasteiger partial charge in [-0.3, -0.25) is 0 Å². The van der Waals surface area contributed by atoms with Crippen molar-refractivity contribution in [2.45, 2.75) is 38.7 Å². The van der Waals surface area contributed by atoms with Gasteiger partial charge >= 0.3 is 6.09 Å². The Morgan fingerprint density at radius 2 is 2.21 bits per heavy atom. The number of fused-ring (bicyclic) bond motifs is 3. The number of carbonyl (C=O) groups excluding carboxylic acids is 1. The molecule has 0 saturated heterocycles. The summed E-state index contributed by atoms with van der Waals surface area (Å²) in [6.07, 6.45) is 9.42. The van der Waals surface area contributed by atoms with Gasteiger partial charge in [-0.25, -0.2) is 14.8 Å². The molecule has 3 aromatic heterocycles. The predicted molar refractivity (Wildman–Crippen MR) is 90.5 cm³/mol. The molecule has 0 atom stereocenters. The number of hydrogen-bond donors (Lipinski definition) is 3. The van der Waals surface area contributed by atoms with Crippen LogP contribution in [0.4, 0.5) is 4.79 Å². The van der Waals surface area contributed by atoms with Crippen LogP contribution in [0.15, 0.2) is 18.5 Å². The van der Waals surface area contributed by atoms with E-state index in [4.69, 9.17) is 4.74 Å². The highest BCUT2D eigenvalue weighted by Gasteiger charge is 2.15. The van der Waals surface area contributed by atoms with Crippen LogP contribution in [0.2, 0.25) is 0 Å². The van der Waals surface area contributed by atoms with Crippen LogP contribution in [-0.2, 0) is 11.3 Å². The Hall–Kier alpha value is -2.57. The van der Waals surface area contributed by atoms with Crippen molar-refractivity contribution < 1.29 is 9.53 Å². The Balaban J connectivity index is 1.35. The third-order valence-electron chi connectivity index (χ3n) is 4.68. The lowest BCUT2D eigenvalue weighted by Crippen LogP contribution is -2.30. The first kappa shape index (κ1) is 15.0. The van der Waals surface area contributed by atoms with E-state index in [1.165, 1.54) is 32.1 Å². The van der Waals surface area contributed by atoms with Crippen LogP contribution in [0.5, 0.6) is 0 Å². The molecule has 0 spiro atoms. The molecule has 3 heterocycles. The zero-order valence-electron chi connectivity index (χ0n) is 13.5. The Labute approximate surface area is 139 Å². The monoisotopic (exact) mass is 327 g/mol. The number of nitrogens with zero attached hydrogens (tertiary/aromatic N) is 2. The van der Waals surface area contributed by atoms with Gasteiger partial charge in [-0.2, -0.15) is 0 Å². The minimum Gasteiger partial charge on any atom is -0.441 e. The summed E-state index contributed by atoms with van der Waals surface area (Å²) in [6.45, 7) is 0.823. The molecular weight excluding hydrogens is 306 g/mol. The first-order valence-electron chi connectivity index (χ1n) is 8.51. The summed E-state index contributed by atoms with van der Waals surface area (Å²) in [5, 5.41) is 3.82. The summed E-state index contributed by atoms with van der Waals surface area (Å²) in [6, 6.07) is 1.94. The first-order chi connectivity index (χ1) is 11.8. The fraction of sp³-hybridized carbons (Fsp3) is 0.471. The van der Waals surface area contributed by atoms with E-state index in [-0.39, 0.29) is 12.7 Å². The second kappa shape index (κ2) is 6.51. The molecule has 4 rings (SSSR count). The van der Waals surface area contributed by atoms with Crippen molar-refractivity contribution in [2.24, 2.45) is 5.92 Å². The van der Waals surface area contributed by atoms with Crippen molar-refractivity contribution in [3.8, 4) is 0 Å². The minimum absolute atomic E-state index is 0.122. The number of hydrogen-bond acceptors (Lipinski definition) is 4. The summed E-state index contributed by atoms with van der Waals surface area (Å²) < 4.78 is 5.27. The normalized spacial score (nSPS) is 15.8. The SMILES string of the molecule is O=C(NCC1CCCCC1)OCc1nc2c(cnc3[nH]ccc32)[nH]1. The quantitative estimate of drug-likeness (QED) is 0.685. The van der Waals surface area contributed by atoms with E-state index in [0.717, 1.165) is 22.1 Å². The highest BCUT2D eigenvalue weighted by atomic mass is 16.5. The van der Waals surface area contributed by atoms with Crippen LogP contribution < -0.4 is 5.32 Å². The van der Waals surface area contributed by atoms with Gasteiger partial charge in [-0.05, 0) is 24.8 Å². The van der Waals surface area contributed by atoms with E-state index in [2.05, 4.69) is 25.3 Å².